The number of benzene rings is 2. The maximum atomic E-state index is 13.6. The molecule has 0 aromatic heterocycles. The topological polar surface area (TPSA) is 82.1 Å². The van der Waals surface area contributed by atoms with Gasteiger partial charge in [0.15, 0.2) is 11.5 Å². The summed E-state index contributed by atoms with van der Waals surface area (Å²) in [6, 6.07) is 9.35. The molecule has 0 saturated heterocycles. The number of nitrogens with zero attached hydrogens (tertiary/aromatic N) is 1. The molecule has 2 aliphatic heterocycles. The van der Waals surface area contributed by atoms with Crippen molar-refractivity contribution in [3.8, 4) is 11.5 Å². The third-order valence-corrected chi connectivity index (χ3v) is 4.58. The molecule has 2 heterocycles. The van der Waals surface area contributed by atoms with Crippen molar-refractivity contribution in [2.75, 3.05) is 19.8 Å². The van der Waals surface area contributed by atoms with E-state index >= 15 is 0 Å². The summed E-state index contributed by atoms with van der Waals surface area (Å²) in [5, 5.41) is 0. The summed E-state index contributed by atoms with van der Waals surface area (Å²) in [4.78, 5) is 37.4. The Morgan fingerprint density at radius 3 is 2.20 bits per heavy atom. The zero-order valence-electron chi connectivity index (χ0n) is 15.3. The minimum absolute atomic E-state index is 0.0782. The van der Waals surface area contributed by atoms with E-state index < -0.39 is 36.6 Å². The van der Waals surface area contributed by atoms with E-state index in [1.165, 1.54) is 30.3 Å². The van der Waals surface area contributed by atoms with Crippen molar-refractivity contribution in [2.45, 2.75) is 12.3 Å². The highest BCUT2D eigenvalue weighted by Crippen LogP contribution is 2.40. The number of halogens is 3. The maximum Gasteiger partial charge on any atom is 0.429 e. The van der Waals surface area contributed by atoms with Crippen LogP contribution in [0, 0.1) is 0 Å². The van der Waals surface area contributed by atoms with Gasteiger partial charge in [0.1, 0.15) is 19.8 Å². The lowest BCUT2D eigenvalue weighted by molar-refractivity contribution is -0.224. The number of carbonyl (C=O) groups excluding carboxylic acids is 3. The van der Waals surface area contributed by atoms with E-state index in [9.17, 15) is 27.6 Å². The standard InChI is InChI=1S/C20H14F3NO6/c21-20(22,23)17(11-5-6-14-15(9-11)29-8-7-28-14)30-16(25)10-24-18(26)12-3-1-2-4-13(12)19(24)27/h1-6,9,17H,7-8,10H2/t17-/m1/s1. The summed E-state index contributed by atoms with van der Waals surface area (Å²) in [5.74, 6) is -2.53. The molecule has 2 aromatic rings. The van der Waals surface area contributed by atoms with Crippen molar-refractivity contribution in [2.24, 2.45) is 0 Å². The number of carbonyl (C=O) groups is 3. The molecule has 156 valence electrons. The molecule has 2 amide bonds. The van der Waals surface area contributed by atoms with E-state index in [-0.39, 0.29) is 41.4 Å². The lowest BCUT2D eigenvalue weighted by atomic mass is 10.1. The zero-order valence-corrected chi connectivity index (χ0v) is 15.3. The second kappa shape index (κ2) is 7.36. The van der Waals surface area contributed by atoms with Gasteiger partial charge in [-0.15, -0.1) is 0 Å². The smallest absolute Gasteiger partial charge is 0.429 e. The Balaban J connectivity index is 1.53. The molecule has 0 fully saturated rings. The van der Waals surface area contributed by atoms with Gasteiger partial charge < -0.3 is 14.2 Å². The number of imide groups is 1. The van der Waals surface area contributed by atoms with E-state index in [0.717, 1.165) is 12.1 Å². The van der Waals surface area contributed by atoms with E-state index in [4.69, 9.17) is 9.47 Å². The molecule has 0 spiro atoms. The fourth-order valence-corrected chi connectivity index (χ4v) is 3.23. The van der Waals surface area contributed by atoms with Gasteiger partial charge in [0.2, 0.25) is 6.10 Å². The fourth-order valence-electron chi connectivity index (χ4n) is 3.23. The largest absolute Gasteiger partial charge is 0.486 e. The van der Waals surface area contributed by atoms with Crippen LogP contribution in [-0.2, 0) is 9.53 Å². The number of hydrogen-bond acceptors (Lipinski definition) is 6. The molecule has 0 bridgehead atoms. The molecule has 2 aliphatic rings. The van der Waals surface area contributed by atoms with Gasteiger partial charge in [-0.3, -0.25) is 19.3 Å². The summed E-state index contributed by atoms with van der Waals surface area (Å²) in [6.07, 6.45) is -7.53. The van der Waals surface area contributed by atoms with Crippen LogP contribution < -0.4 is 9.47 Å². The van der Waals surface area contributed by atoms with Crippen molar-refractivity contribution < 1.29 is 41.8 Å². The number of hydrogen-bond donors (Lipinski definition) is 0. The molecule has 7 nitrogen and oxygen atoms in total. The van der Waals surface area contributed by atoms with Crippen LogP contribution in [0.3, 0.4) is 0 Å². The Labute approximate surface area is 167 Å². The molecule has 2 aromatic carbocycles. The highest BCUT2D eigenvalue weighted by molar-refractivity contribution is 6.22. The Hall–Kier alpha value is -3.56. The maximum absolute atomic E-state index is 13.6. The van der Waals surface area contributed by atoms with E-state index in [1.807, 2.05) is 0 Å². The number of ether oxygens (including phenoxy) is 3. The lowest BCUT2D eigenvalue weighted by Gasteiger charge is -2.24. The predicted octanol–water partition coefficient (Wildman–Crippen LogP) is 2.90. The van der Waals surface area contributed by atoms with Crippen molar-refractivity contribution in [1.82, 2.24) is 4.90 Å². The SMILES string of the molecule is O=C(CN1C(=O)c2ccccc2C1=O)O[C@H](c1ccc2c(c1)OCCO2)C(F)(F)F. The number of esters is 1. The summed E-state index contributed by atoms with van der Waals surface area (Å²) < 4.78 is 55.9. The third kappa shape index (κ3) is 3.56. The molecule has 10 heteroatoms. The average Bonchev–Trinajstić information content (AvgIpc) is 2.96. The van der Waals surface area contributed by atoms with Crippen LogP contribution in [0.5, 0.6) is 11.5 Å². The quantitative estimate of drug-likeness (QED) is 0.558. The highest BCUT2D eigenvalue weighted by atomic mass is 19.4. The molecular weight excluding hydrogens is 407 g/mol. The van der Waals surface area contributed by atoms with Crippen LogP contribution in [0.4, 0.5) is 13.2 Å². The van der Waals surface area contributed by atoms with Gasteiger partial charge in [-0.1, -0.05) is 18.2 Å². The first kappa shape index (κ1) is 19.7. The van der Waals surface area contributed by atoms with Gasteiger partial charge in [0, 0.05) is 5.56 Å². The second-order valence-electron chi connectivity index (χ2n) is 6.56. The molecule has 1 atom stereocenters. The zero-order chi connectivity index (χ0) is 21.5. The van der Waals surface area contributed by atoms with Crippen molar-refractivity contribution in [3.63, 3.8) is 0 Å². The van der Waals surface area contributed by atoms with E-state index in [1.54, 1.807) is 0 Å². The van der Waals surface area contributed by atoms with Crippen LogP contribution in [0.1, 0.15) is 32.4 Å². The molecule has 0 aliphatic carbocycles. The minimum atomic E-state index is -4.93. The molecule has 0 unspecified atom stereocenters. The summed E-state index contributed by atoms with van der Waals surface area (Å²) >= 11 is 0. The van der Waals surface area contributed by atoms with Crippen molar-refractivity contribution in [3.05, 3.63) is 59.2 Å². The van der Waals surface area contributed by atoms with E-state index in [2.05, 4.69) is 4.74 Å². The summed E-state index contributed by atoms with van der Waals surface area (Å²) in [7, 11) is 0. The minimum Gasteiger partial charge on any atom is -0.486 e. The van der Waals surface area contributed by atoms with E-state index in [0.29, 0.717) is 4.90 Å². The molecular formula is C20H14F3NO6. The van der Waals surface area contributed by atoms with Gasteiger partial charge in [0.05, 0.1) is 11.1 Å². The molecule has 0 radical (unpaired) electrons. The molecule has 0 N–H and O–H groups in total. The average molecular weight is 421 g/mol. The predicted molar refractivity (Wildman–Crippen MR) is 94.1 cm³/mol. The Bertz CT molecular complexity index is 1000. The number of alkyl halides is 3. The summed E-state index contributed by atoms with van der Waals surface area (Å²) in [6.45, 7) is -0.500. The number of fused-ring (bicyclic) bond motifs is 2. The van der Waals surface area contributed by atoms with Gasteiger partial charge in [-0.05, 0) is 24.3 Å². The van der Waals surface area contributed by atoms with Crippen LogP contribution >= 0.6 is 0 Å². The van der Waals surface area contributed by atoms with Gasteiger partial charge in [-0.25, -0.2) is 0 Å². The van der Waals surface area contributed by atoms with Crippen molar-refractivity contribution in [1.29, 1.82) is 0 Å². The van der Waals surface area contributed by atoms with Crippen molar-refractivity contribution >= 4 is 17.8 Å². The first-order chi connectivity index (χ1) is 14.3. The number of rotatable bonds is 4. The van der Waals surface area contributed by atoms with Crippen LogP contribution in [-0.4, -0.2) is 48.6 Å². The summed E-state index contributed by atoms with van der Waals surface area (Å²) in [5.41, 5.74) is -0.216. The molecule has 30 heavy (non-hydrogen) atoms. The van der Waals surface area contributed by atoms with Gasteiger partial charge >= 0.3 is 12.1 Å². The third-order valence-electron chi connectivity index (χ3n) is 4.58. The second-order valence-corrected chi connectivity index (χ2v) is 6.56. The molecule has 0 saturated carbocycles. The monoisotopic (exact) mass is 421 g/mol. The van der Waals surface area contributed by atoms with Crippen LogP contribution in [0.15, 0.2) is 42.5 Å². The Morgan fingerprint density at radius 1 is 1.00 bits per heavy atom. The Morgan fingerprint density at radius 2 is 1.60 bits per heavy atom. The van der Waals surface area contributed by atoms with Gasteiger partial charge in [-0.2, -0.15) is 13.2 Å². The lowest BCUT2D eigenvalue weighted by Crippen LogP contribution is -2.37. The fraction of sp³-hybridized carbons (Fsp3) is 0.250. The van der Waals surface area contributed by atoms with Crippen LogP contribution in [0.2, 0.25) is 0 Å². The first-order valence-electron chi connectivity index (χ1n) is 8.86. The highest BCUT2D eigenvalue weighted by Gasteiger charge is 2.45. The number of amides is 2. The van der Waals surface area contributed by atoms with Gasteiger partial charge in [0.25, 0.3) is 11.8 Å². The first-order valence-corrected chi connectivity index (χ1v) is 8.86. The normalized spacial score (nSPS) is 16.3. The Kier molecular flexibility index (Phi) is 4.84. The van der Waals surface area contributed by atoms with Crippen LogP contribution in [0.25, 0.3) is 0 Å². The molecule has 4 rings (SSSR count).